The summed E-state index contributed by atoms with van der Waals surface area (Å²) in [6.07, 6.45) is 0.0152. The molecular formula is C25H23NO4. The smallest absolute Gasteiger partial charge is 0.234 e. The number of ether oxygens (including phenoxy) is 2. The fourth-order valence-electron chi connectivity index (χ4n) is 6.18. The van der Waals surface area contributed by atoms with Gasteiger partial charge in [0, 0.05) is 17.2 Å². The first-order valence-electron chi connectivity index (χ1n) is 10.6. The van der Waals surface area contributed by atoms with Crippen molar-refractivity contribution in [2.45, 2.75) is 31.3 Å². The molecule has 2 bridgehead atoms. The Hall–Kier alpha value is -2.81. The molecule has 0 spiro atoms. The molecule has 6 rings (SSSR count). The van der Waals surface area contributed by atoms with Crippen molar-refractivity contribution >= 4 is 11.6 Å². The van der Waals surface area contributed by atoms with Gasteiger partial charge in [0.25, 0.3) is 0 Å². The highest BCUT2D eigenvalue weighted by Gasteiger charge is 2.78. The second-order valence-corrected chi connectivity index (χ2v) is 8.60. The van der Waals surface area contributed by atoms with Crippen molar-refractivity contribution in [2.75, 3.05) is 11.5 Å². The van der Waals surface area contributed by atoms with Crippen LogP contribution >= 0.6 is 0 Å². The molecule has 0 aromatic heterocycles. The zero-order chi connectivity index (χ0) is 20.5. The lowest BCUT2D eigenvalue weighted by Crippen LogP contribution is -2.50. The molecule has 4 fully saturated rings. The average molecular weight is 401 g/mol. The second kappa shape index (κ2) is 6.34. The maximum Gasteiger partial charge on any atom is 0.234 e. The molecular weight excluding hydrogens is 378 g/mol. The average Bonchev–Trinajstić information content (AvgIpc) is 3.44. The van der Waals surface area contributed by atoms with Crippen LogP contribution in [0, 0.1) is 35.5 Å². The Bertz CT molecular complexity index is 1060. The Morgan fingerprint density at radius 2 is 1.93 bits per heavy atom. The van der Waals surface area contributed by atoms with Crippen molar-refractivity contribution in [2.24, 2.45) is 23.7 Å². The van der Waals surface area contributed by atoms with Crippen LogP contribution in [0.1, 0.15) is 18.9 Å². The molecule has 2 aromatic carbocycles. The van der Waals surface area contributed by atoms with Gasteiger partial charge in [-0.25, -0.2) is 0 Å². The maximum atomic E-state index is 13.6. The van der Waals surface area contributed by atoms with Gasteiger partial charge in [-0.2, -0.15) is 0 Å². The van der Waals surface area contributed by atoms with Gasteiger partial charge >= 0.3 is 0 Å². The number of aliphatic hydroxyl groups is 1. The van der Waals surface area contributed by atoms with Gasteiger partial charge in [-0.15, -0.1) is 0 Å². The Kier molecular flexibility index (Phi) is 3.80. The summed E-state index contributed by atoms with van der Waals surface area (Å²) in [5, 5.41) is 10.7. The van der Waals surface area contributed by atoms with Crippen molar-refractivity contribution in [3.8, 4) is 17.6 Å². The SMILES string of the molecule is CCOc1ccc(N2C(=O)C3C4CC5C(OC2(C#Cc2ccccc2)C53)C4O)cc1. The summed E-state index contributed by atoms with van der Waals surface area (Å²) in [4.78, 5) is 15.4. The van der Waals surface area contributed by atoms with Crippen molar-refractivity contribution in [1.29, 1.82) is 0 Å². The Balaban J connectivity index is 1.47. The molecule has 7 unspecified atom stereocenters. The van der Waals surface area contributed by atoms with Crippen LogP contribution in [0.2, 0.25) is 0 Å². The zero-order valence-corrected chi connectivity index (χ0v) is 16.7. The van der Waals surface area contributed by atoms with E-state index in [2.05, 4.69) is 11.8 Å². The van der Waals surface area contributed by atoms with Gasteiger partial charge < -0.3 is 14.6 Å². The number of benzene rings is 2. The minimum Gasteiger partial charge on any atom is -0.494 e. The van der Waals surface area contributed by atoms with Crippen LogP contribution in [0.25, 0.3) is 0 Å². The topological polar surface area (TPSA) is 59.0 Å². The number of rotatable bonds is 3. The minimum atomic E-state index is -1.04. The molecule has 1 N–H and O–H groups in total. The highest BCUT2D eigenvalue weighted by molar-refractivity contribution is 6.01. The lowest BCUT2D eigenvalue weighted by molar-refractivity contribution is -0.130. The highest BCUT2D eigenvalue weighted by Crippen LogP contribution is 2.67. The third-order valence-electron chi connectivity index (χ3n) is 7.22. The summed E-state index contributed by atoms with van der Waals surface area (Å²) < 4.78 is 12.1. The Labute approximate surface area is 175 Å². The van der Waals surface area contributed by atoms with E-state index in [0.29, 0.717) is 6.61 Å². The van der Waals surface area contributed by atoms with Gasteiger partial charge in [0.1, 0.15) is 5.75 Å². The number of anilines is 1. The van der Waals surface area contributed by atoms with E-state index in [9.17, 15) is 9.90 Å². The number of hydrogen-bond acceptors (Lipinski definition) is 4. The molecule has 2 aliphatic carbocycles. The van der Waals surface area contributed by atoms with E-state index in [0.717, 1.165) is 23.4 Å². The summed E-state index contributed by atoms with van der Waals surface area (Å²) in [7, 11) is 0. The summed E-state index contributed by atoms with van der Waals surface area (Å²) in [6.45, 7) is 2.53. The number of carbonyl (C=O) groups is 1. The van der Waals surface area contributed by atoms with Crippen LogP contribution in [0.4, 0.5) is 5.69 Å². The fourth-order valence-corrected chi connectivity index (χ4v) is 6.18. The number of fused-ring (bicyclic) bond motifs is 2. The number of hydrogen-bond donors (Lipinski definition) is 1. The largest absolute Gasteiger partial charge is 0.494 e. The van der Waals surface area contributed by atoms with E-state index in [1.54, 1.807) is 4.90 Å². The first-order valence-corrected chi connectivity index (χ1v) is 10.6. The number of carbonyl (C=O) groups excluding carboxylic acids is 1. The van der Waals surface area contributed by atoms with Crippen molar-refractivity contribution in [3.05, 3.63) is 60.2 Å². The quantitative estimate of drug-likeness (QED) is 0.804. The number of aliphatic hydroxyl groups excluding tert-OH is 1. The van der Waals surface area contributed by atoms with Crippen molar-refractivity contribution in [1.82, 2.24) is 0 Å². The fraction of sp³-hybridized carbons (Fsp3) is 0.400. The molecule has 2 saturated heterocycles. The van der Waals surface area contributed by atoms with Crippen LogP contribution in [-0.2, 0) is 9.53 Å². The van der Waals surface area contributed by atoms with Crippen LogP contribution in [-0.4, -0.2) is 35.6 Å². The van der Waals surface area contributed by atoms with Gasteiger partial charge in [0.05, 0.1) is 24.7 Å². The van der Waals surface area contributed by atoms with Gasteiger partial charge in [0.15, 0.2) is 0 Å². The third kappa shape index (κ3) is 2.24. The standard InChI is InChI=1S/C25H23NO4/c1-2-29-17-10-8-16(9-11-17)26-24(28)20-18-14-19-21(20)25(26,30-23(19)22(18)27)13-12-15-6-4-3-5-7-15/h3-11,18-23,27H,2,14H2,1H3. The molecule has 7 atom stereocenters. The van der Waals surface area contributed by atoms with E-state index in [1.165, 1.54) is 0 Å². The van der Waals surface area contributed by atoms with Crippen LogP contribution in [0.5, 0.6) is 5.75 Å². The molecule has 4 aliphatic rings. The summed E-state index contributed by atoms with van der Waals surface area (Å²) in [6, 6.07) is 17.3. The molecule has 5 heteroatoms. The first kappa shape index (κ1) is 18.0. The molecule has 0 radical (unpaired) electrons. The van der Waals surface area contributed by atoms with Crippen molar-refractivity contribution in [3.63, 3.8) is 0 Å². The number of nitrogens with zero attached hydrogens (tertiary/aromatic N) is 1. The van der Waals surface area contributed by atoms with E-state index < -0.39 is 11.8 Å². The second-order valence-electron chi connectivity index (χ2n) is 8.60. The zero-order valence-electron chi connectivity index (χ0n) is 16.7. The molecule has 152 valence electrons. The predicted octanol–water partition coefficient (Wildman–Crippen LogP) is 2.82. The van der Waals surface area contributed by atoms with Crippen LogP contribution in [0.15, 0.2) is 54.6 Å². The maximum absolute atomic E-state index is 13.6. The van der Waals surface area contributed by atoms with Gasteiger partial charge in [-0.3, -0.25) is 9.69 Å². The monoisotopic (exact) mass is 401 g/mol. The normalized spacial score (nSPS) is 37.4. The molecule has 2 heterocycles. The van der Waals surface area contributed by atoms with E-state index in [1.807, 2.05) is 61.5 Å². The van der Waals surface area contributed by atoms with Gasteiger partial charge in [-0.1, -0.05) is 24.1 Å². The lowest BCUT2D eigenvalue weighted by atomic mass is 9.77. The number of amides is 1. The Morgan fingerprint density at radius 1 is 1.17 bits per heavy atom. The lowest BCUT2D eigenvalue weighted by Gasteiger charge is -2.35. The van der Waals surface area contributed by atoms with E-state index in [4.69, 9.17) is 9.47 Å². The summed E-state index contributed by atoms with van der Waals surface area (Å²) in [5.74, 6) is 7.28. The van der Waals surface area contributed by atoms with E-state index >= 15 is 0 Å². The molecule has 1 amide bonds. The predicted molar refractivity (Wildman–Crippen MR) is 111 cm³/mol. The summed E-state index contributed by atoms with van der Waals surface area (Å²) in [5.41, 5.74) is 0.605. The van der Waals surface area contributed by atoms with Gasteiger partial charge in [0.2, 0.25) is 11.6 Å². The van der Waals surface area contributed by atoms with Crippen molar-refractivity contribution < 1.29 is 19.4 Å². The molecule has 2 aliphatic heterocycles. The third-order valence-corrected chi connectivity index (χ3v) is 7.22. The first-order chi connectivity index (χ1) is 14.6. The minimum absolute atomic E-state index is 0.00817. The van der Waals surface area contributed by atoms with Crippen LogP contribution < -0.4 is 9.64 Å². The molecule has 30 heavy (non-hydrogen) atoms. The highest BCUT2D eigenvalue weighted by atomic mass is 16.6. The van der Waals surface area contributed by atoms with Crippen LogP contribution in [0.3, 0.4) is 0 Å². The Morgan fingerprint density at radius 3 is 2.67 bits per heavy atom. The molecule has 2 aromatic rings. The summed E-state index contributed by atoms with van der Waals surface area (Å²) >= 11 is 0. The van der Waals surface area contributed by atoms with E-state index in [-0.39, 0.29) is 35.7 Å². The van der Waals surface area contributed by atoms with Gasteiger partial charge in [-0.05, 0) is 67.5 Å². The molecule has 5 nitrogen and oxygen atoms in total. The molecule has 2 saturated carbocycles.